The van der Waals surface area contributed by atoms with Gasteiger partial charge in [0.25, 0.3) is 0 Å². The van der Waals surface area contributed by atoms with Gasteiger partial charge in [-0.2, -0.15) is 0 Å². The largest absolute Gasteiger partial charge is 0.299 e. The first-order valence-corrected chi connectivity index (χ1v) is 5.72. The minimum absolute atomic E-state index is 0.135. The number of carbonyl (C=O) groups is 1. The molecule has 3 fully saturated rings. The van der Waals surface area contributed by atoms with Gasteiger partial charge in [0.1, 0.15) is 5.78 Å². The number of Topliss-reactive ketones (excluding diaryl/α,β-unsaturated/α-hetero) is 1. The molecule has 3 atom stereocenters. The van der Waals surface area contributed by atoms with Gasteiger partial charge in [0, 0.05) is 11.8 Å². The predicted octanol–water partition coefficient (Wildman–Crippen LogP) is 2.94. The molecule has 1 nitrogen and oxygen atoms in total. The summed E-state index contributed by atoms with van der Waals surface area (Å²) in [6.45, 7) is 2.23. The number of hydrogen-bond donors (Lipinski definition) is 0. The molecule has 13 heavy (non-hydrogen) atoms. The van der Waals surface area contributed by atoms with Gasteiger partial charge in [-0.3, -0.25) is 4.79 Å². The smallest absolute Gasteiger partial charge is 0.139 e. The van der Waals surface area contributed by atoms with Crippen LogP contribution < -0.4 is 0 Å². The second-order valence-electron chi connectivity index (χ2n) is 5.57. The summed E-state index contributed by atoms with van der Waals surface area (Å²) in [5.41, 5.74) is 0.636. The molecule has 0 N–H and O–H groups in total. The molecule has 0 aliphatic heterocycles. The molecule has 0 saturated heterocycles. The summed E-state index contributed by atoms with van der Waals surface area (Å²) in [6.07, 6.45) is 8.85. The summed E-state index contributed by atoms with van der Waals surface area (Å²) < 4.78 is 0. The van der Waals surface area contributed by atoms with Gasteiger partial charge in [0.05, 0.1) is 0 Å². The molecule has 0 heterocycles. The third-order valence-corrected chi connectivity index (χ3v) is 5.19. The molecule has 0 bridgehead atoms. The summed E-state index contributed by atoms with van der Waals surface area (Å²) in [5.74, 6) is 1.48. The molecule has 3 aliphatic carbocycles. The van der Waals surface area contributed by atoms with Crippen LogP contribution in [0.15, 0.2) is 0 Å². The van der Waals surface area contributed by atoms with E-state index in [1.165, 1.54) is 38.5 Å². The van der Waals surface area contributed by atoms with Crippen molar-refractivity contribution in [3.05, 3.63) is 0 Å². The van der Waals surface area contributed by atoms with E-state index in [2.05, 4.69) is 6.92 Å². The van der Waals surface area contributed by atoms with E-state index in [9.17, 15) is 4.79 Å². The topological polar surface area (TPSA) is 17.1 Å². The Morgan fingerprint density at radius 2 is 2.15 bits per heavy atom. The first-order valence-electron chi connectivity index (χ1n) is 5.72. The van der Waals surface area contributed by atoms with Gasteiger partial charge in [-0.05, 0) is 37.0 Å². The molecule has 3 rings (SSSR count). The molecule has 0 aromatic heterocycles. The Hall–Kier alpha value is -0.330. The second-order valence-corrected chi connectivity index (χ2v) is 5.57. The molecule has 3 aliphatic rings. The summed E-state index contributed by atoms with van der Waals surface area (Å²) in [5, 5.41) is 0. The Morgan fingerprint density at radius 1 is 1.31 bits per heavy atom. The van der Waals surface area contributed by atoms with Crippen LogP contribution in [0.5, 0.6) is 0 Å². The van der Waals surface area contributed by atoms with Gasteiger partial charge in [-0.15, -0.1) is 0 Å². The SMILES string of the molecule is CC12CC13CCCCC3CCC2=O. The molecule has 0 aromatic rings. The molecule has 3 saturated carbocycles. The van der Waals surface area contributed by atoms with Gasteiger partial charge < -0.3 is 0 Å². The molecular formula is C12H18O. The van der Waals surface area contributed by atoms with Gasteiger partial charge in [-0.1, -0.05) is 19.8 Å². The van der Waals surface area contributed by atoms with Crippen LogP contribution >= 0.6 is 0 Å². The van der Waals surface area contributed by atoms with E-state index in [4.69, 9.17) is 0 Å². The quantitative estimate of drug-likeness (QED) is 0.557. The van der Waals surface area contributed by atoms with E-state index in [0.29, 0.717) is 11.2 Å². The van der Waals surface area contributed by atoms with Crippen LogP contribution in [0, 0.1) is 16.7 Å². The standard InChI is InChI=1S/C12H18O/c1-11-8-12(11)7-3-2-4-9(12)5-6-10(11)13/h9H,2-8H2,1H3. The Bertz CT molecular complexity index is 270. The van der Waals surface area contributed by atoms with E-state index < -0.39 is 0 Å². The Morgan fingerprint density at radius 3 is 3.00 bits per heavy atom. The fraction of sp³-hybridized carbons (Fsp3) is 0.917. The Balaban J connectivity index is 1.96. The summed E-state index contributed by atoms with van der Waals surface area (Å²) in [4.78, 5) is 11.8. The molecule has 0 radical (unpaired) electrons. The van der Waals surface area contributed by atoms with Gasteiger partial charge in [-0.25, -0.2) is 0 Å². The lowest BCUT2D eigenvalue weighted by Crippen LogP contribution is -2.35. The lowest BCUT2D eigenvalue weighted by molar-refractivity contribution is -0.128. The van der Waals surface area contributed by atoms with Crippen molar-refractivity contribution < 1.29 is 4.79 Å². The summed E-state index contributed by atoms with van der Waals surface area (Å²) in [6, 6.07) is 0. The fourth-order valence-corrected chi connectivity index (χ4v) is 4.24. The normalized spacial score (nSPS) is 53.9. The van der Waals surface area contributed by atoms with E-state index in [-0.39, 0.29) is 5.41 Å². The van der Waals surface area contributed by atoms with E-state index in [1.807, 2.05) is 0 Å². The molecule has 0 amide bonds. The highest BCUT2D eigenvalue weighted by Crippen LogP contribution is 2.75. The minimum atomic E-state index is 0.135. The third kappa shape index (κ3) is 0.769. The predicted molar refractivity (Wildman–Crippen MR) is 51.4 cm³/mol. The van der Waals surface area contributed by atoms with Crippen LogP contribution in [-0.4, -0.2) is 5.78 Å². The van der Waals surface area contributed by atoms with Crippen LogP contribution in [0.2, 0.25) is 0 Å². The highest BCUT2D eigenvalue weighted by Gasteiger charge is 2.72. The van der Waals surface area contributed by atoms with Crippen molar-refractivity contribution in [2.75, 3.05) is 0 Å². The summed E-state index contributed by atoms with van der Waals surface area (Å²) >= 11 is 0. The van der Waals surface area contributed by atoms with Crippen molar-refractivity contribution in [1.82, 2.24) is 0 Å². The molecule has 0 aromatic carbocycles. The maximum absolute atomic E-state index is 11.8. The maximum Gasteiger partial charge on any atom is 0.139 e. The zero-order valence-corrected chi connectivity index (χ0v) is 8.44. The zero-order chi connectivity index (χ0) is 9.10. The Labute approximate surface area is 79.9 Å². The molecule has 72 valence electrons. The first-order chi connectivity index (χ1) is 6.19. The van der Waals surface area contributed by atoms with Crippen LogP contribution in [0.4, 0.5) is 0 Å². The van der Waals surface area contributed by atoms with Crippen molar-refractivity contribution in [3.8, 4) is 0 Å². The molecule has 3 unspecified atom stereocenters. The minimum Gasteiger partial charge on any atom is -0.299 e. The number of hydrogen-bond acceptors (Lipinski definition) is 1. The molecular weight excluding hydrogens is 160 g/mol. The first kappa shape index (κ1) is 8.02. The summed E-state index contributed by atoms with van der Waals surface area (Å²) in [7, 11) is 0. The van der Waals surface area contributed by atoms with Crippen LogP contribution in [-0.2, 0) is 4.79 Å². The van der Waals surface area contributed by atoms with Crippen LogP contribution in [0.3, 0.4) is 0 Å². The van der Waals surface area contributed by atoms with E-state index in [0.717, 1.165) is 12.3 Å². The van der Waals surface area contributed by atoms with Crippen molar-refractivity contribution in [2.45, 2.75) is 51.9 Å². The van der Waals surface area contributed by atoms with E-state index >= 15 is 0 Å². The third-order valence-electron chi connectivity index (χ3n) is 5.19. The fourth-order valence-electron chi connectivity index (χ4n) is 4.24. The number of carbonyl (C=O) groups excluding carboxylic acids is 1. The molecule has 1 spiro atoms. The highest BCUT2D eigenvalue weighted by molar-refractivity contribution is 5.89. The lowest BCUT2D eigenvalue weighted by atomic mass is 9.65. The van der Waals surface area contributed by atoms with Crippen molar-refractivity contribution in [1.29, 1.82) is 0 Å². The van der Waals surface area contributed by atoms with Crippen molar-refractivity contribution in [3.63, 3.8) is 0 Å². The zero-order valence-electron chi connectivity index (χ0n) is 8.44. The molecule has 1 heteroatoms. The average Bonchev–Trinajstić information content (AvgIpc) is 2.73. The number of rotatable bonds is 0. The Kier molecular flexibility index (Phi) is 1.35. The number of ketones is 1. The van der Waals surface area contributed by atoms with Crippen molar-refractivity contribution >= 4 is 5.78 Å². The van der Waals surface area contributed by atoms with Crippen LogP contribution in [0.25, 0.3) is 0 Å². The lowest BCUT2D eigenvalue weighted by Gasteiger charge is -2.38. The van der Waals surface area contributed by atoms with E-state index in [1.54, 1.807) is 0 Å². The highest BCUT2D eigenvalue weighted by atomic mass is 16.1. The van der Waals surface area contributed by atoms with Gasteiger partial charge in [0.2, 0.25) is 0 Å². The van der Waals surface area contributed by atoms with Crippen LogP contribution in [0.1, 0.15) is 51.9 Å². The average molecular weight is 178 g/mol. The van der Waals surface area contributed by atoms with Crippen molar-refractivity contribution in [2.24, 2.45) is 16.7 Å². The van der Waals surface area contributed by atoms with Gasteiger partial charge >= 0.3 is 0 Å². The second kappa shape index (κ2) is 2.18. The maximum atomic E-state index is 11.8. The monoisotopic (exact) mass is 178 g/mol. The van der Waals surface area contributed by atoms with Gasteiger partial charge in [0.15, 0.2) is 0 Å².